The van der Waals surface area contributed by atoms with Crippen molar-refractivity contribution in [2.24, 2.45) is 0 Å². The summed E-state index contributed by atoms with van der Waals surface area (Å²) < 4.78 is 12.9. The molecule has 3 rings (SSSR count). The van der Waals surface area contributed by atoms with Gasteiger partial charge in [-0.25, -0.2) is 4.39 Å². The summed E-state index contributed by atoms with van der Waals surface area (Å²) in [4.78, 5) is 15.8. The zero-order valence-electron chi connectivity index (χ0n) is 13.4. The highest BCUT2D eigenvalue weighted by atomic mass is 19.1. The first-order valence-electron chi connectivity index (χ1n) is 8.06. The lowest BCUT2D eigenvalue weighted by atomic mass is 10.1. The van der Waals surface area contributed by atoms with Crippen LogP contribution in [-0.2, 0) is 6.54 Å². The Hall–Kier alpha value is -2.20. The number of carbonyl (C=O) groups is 1. The summed E-state index contributed by atoms with van der Waals surface area (Å²) in [5, 5.41) is 0. The third-order valence-electron chi connectivity index (χ3n) is 4.42. The molecule has 0 radical (unpaired) electrons. The van der Waals surface area contributed by atoms with Crippen LogP contribution in [0.4, 0.5) is 4.39 Å². The fraction of sp³-hybridized carbons (Fsp3) is 0.316. The number of hydrogen-bond donors (Lipinski definition) is 1. The molecule has 0 atom stereocenters. The molecular formula is C19H22FN2O+. The zero-order valence-corrected chi connectivity index (χ0v) is 13.4. The molecule has 0 bridgehead atoms. The Morgan fingerprint density at radius 2 is 1.65 bits per heavy atom. The summed E-state index contributed by atoms with van der Waals surface area (Å²) in [5.41, 5.74) is 3.18. The van der Waals surface area contributed by atoms with Crippen molar-refractivity contribution in [2.45, 2.75) is 13.5 Å². The predicted molar refractivity (Wildman–Crippen MR) is 87.9 cm³/mol. The molecule has 0 aliphatic carbocycles. The van der Waals surface area contributed by atoms with Crippen molar-refractivity contribution in [1.29, 1.82) is 0 Å². The van der Waals surface area contributed by atoms with Gasteiger partial charge >= 0.3 is 0 Å². The topological polar surface area (TPSA) is 24.8 Å². The molecular weight excluding hydrogens is 291 g/mol. The van der Waals surface area contributed by atoms with Crippen molar-refractivity contribution in [3.8, 4) is 0 Å². The van der Waals surface area contributed by atoms with Crippen LogP contribution in [0, 0.1) is 12.7 Å². The summed E-state index contributed by atoms with van der Waals surface area (Å²) in [6, 6.07) is 14.4. The minimum Gasteiger partial charge on any atom is -0.328 e. The number of rotatable bonds is 3. The van der Waals surface area contributed by atoms with E-state index in [9.17, 15) is 9.18 Å². The maximum atomic E-state index is 12.9. The number of quaternary nitrogens is 1. The second kappa shape index (κ2) is 6.92. The van der Waals surface area contributed by atoms with Crippen LogP contribution in [0.15, 0.2) is 48.5 Å². The number of benzene rings is 2. The van der Waals surface area contributed by atoms with Gasteiger partial charge in [0.05, 0.1) is 26.2 Å². The molecule has 1 N–H and O–H groups in total. The standard InChI is InChI=1S/C19H21FN2O/c1-15-2-4-16(5-3-15)14-21-10-12-22(13-11-21)19(23)17-6-8-18(20)9-7-17/h2-9H,10-14H2,1H3/p+1. The van der Waals surface area contributed by atoms with Gasteiger partial charge in [-0.3, -0.25) is 4.79 Å². The largest absolute Gasteiger partial charge is 0.328 e. The molecule has 23 heavy (non-hydrogen) atoms. The van der Waals surface area contributed by atoms with Gasteiger partial charge in [0, 0.05) is 11.1 Å². The van der Waals surface area contributed by atoms with Crippen LogP contribution in [0.25, 0.3) is 0 Å². The van der Waals surface area contributed by atoms with E-state index >= 15 is 0 Å². The van der Waals surface area contributed by atoms with E-state index in [0.29, 0.717) is 5.56 Å². The highest BCUT2D eigenvalue weighted by Gasteiger charge is 2.24. The highest BCUT2D eigenvalue weighted by Crippen LogP contribution is 2.07. The first-order chi connectivity index (χ1) is 11.1. The van der Waals surface area contributed by atoms with Gasteiger partial charge in [0.15, 0.2) is 0 Å². The summed E-state index contributed by atoms with van der Waals surface area (Å²) in [6.07, 6.45) is 0. The summed E-state index contributed by atoms with van der Waals surface area (Å²) in [6.45, 7) is 6.48. The minimum absolute atomic E-state index is 0.000569. The number of hydrogen-bond acceptors (Lipinski definition) is 1. The van der Waals surface area contributed by atoms with E-state index in [1.54, 1.807) is 12.1 Å². The Labute approximate surface area is 136 Å². The number of piperazine rings is 1. The SMILES string of the molecule is Cc1ccc(C[NH+]2CCN(C(=O)c3ccc(F)cc3)CC2)cc1. The van der Waals surface area contributed by atoms with Crippen LogP contribution >= 0.6 is 0 Å². The maximum absolute atomic E-state index is 12.9. The number of amides is 1. The lowest BCUT2D eigenvalue weighted by Crippen LogP contribution is -3.13. The van der Waals surface area contributed by atoms with Gasteiger partial charge in [0.2, 0.25) is 0 Å². The van der Waals surface area contributed by atoms with Gasteiger partial charge in [-0.05, 0) is 31.2 Å². The van der Waals surface area contributed by atoms with Gasteiger partial charge in [0.1, 0.15) is 12.4 Å². The van der Waals surface area contributed by atoms with E-state index in [-0.39, 0.29) is 11.7 Å². The third kappa shape index (κ3) is 3.96. The van der Waals surface area contributed by atoms with E-state index in [2.05, 4.69) is 31.2 Å². The monoisotopic (exact) mass is 313 g/mol. The van der Waals surface area contributed by atoms with Crippen LogP contribution in [0.5, 0.6) is 0 Å². The van der Waals surface area contributed by atoms with Crippen molar-refractivity contribution < 1.29 is 14.1 Å². The zero-order chi connectivity index (χ0) is 16.2. The first kappa shape index (κ1) is 15.7. The Morgan fingerprint density at radius 1 is 1.04 bits per heavy atom. The van der Waals surface area contributed by atoms with Crippen molar-refractivity contribution in [2.75, 3.05) is 26.2 Å². The van der Waals surface area contributed by atoms with Crippen LogP contribution in [0.1, 0.15) is 21.5 Å². The van der Waals surface area contributed by atoms with E-state index in [1.807, 2.05) is 4.90 Å². The molecule has 1 fully saturated rings. The quantitative estimate of drug-likeness (QED) is 0.916. The number of carbonyl (C=O) groups excluding carboxylic acids is 1. The normalized spacial score (nSPS) is 15.7. The van der Waals surface area contributed by atoms with Crippen molar-refractivity contribution in [1.82, 2.24) is 4.90 Å². The molecule has 4 heteroatoms. The lowest BCUT2D eigenvalue weighted by molar-refractivity contribution is -0.917. The Morgan fingerprint density at radius 3 is 2.26 bits per heavy atom. The van der Waals surface area contributed by atoms with Crippen molar-refractivity contribution in [3.63, 3.8) is 0 Å². The average molecular weight is 313 g/mol. The molecule has 1 saturated heterocycles. The average Bonchev–Trinajstić information content (AvgIpc) is 2.58. The molecule has 0 spiro atoms. The molecule has 1 heterocycles. The molecule has 1 aliphatic rings. The smallest absolute Gasteiger partial charge is 0.254 e. The van der Waals surface area contributed by atoms with Crippen molar-refractivity contribution >= 4 is 5.91 Å². The number of nitrogens with one attached hydrogen (secondary N) is 1. The van der Waals surface area contributed by atoms with Gasteiger partial charge < -0.3 is 9.80 Å². The van der Waals surface area contributed by atoms with Crippen LogP contribution < -0.4 is 4.90 Å². The van der Waals surface area contributed by atoms with Gasteiger partial charge in [-0.15, -0.1) is 0 Å². The summed E-state index contributed by atoms with van der Waals surface area (Å²) >= 11 is 0. The van der Waals surface area contributed by atoms with E-state index in [4.69, 9.17) is 0 Å². The molecule has 1 aliphatic heterocycles. The molecule has 0 aromatic heterocycles. The number of nitrogens with zero attached hydrogens (tertiary/aromatic N) is 1. The molecule has 120 valence electrons. The molecule has 2 aromatic carbocycles. The third-order valence-corrected chi connectivity index (χ3v) is 4.42. The Kier molecular flexibility index (Phi) is 4.72. The van der Waals surface area contributed by atoms with Crippen LogP contribution in [0.2, 0.25) is 0 Å². The van der Waals surface area contributed by atoms with E-state index in [0.717, 1.165) is 32.7 Å². The fourth-order valence-corrected chi connectivity index (χ4v) is 2.97. The van der Waals surface area contributed by atoms with Crippen LogP contribution in [-0.4, -0.2) is 37.0 Å². The molecule has 2 aromatic rings. The molecule has 0 saturated carbocycles. The van der Waals surface area contributed by atoms with Crippen LogP contribution in [0.3, 0.4) is 0 Å². The van der Waals surface area contributed by atoms with E-state index in [1.165, 1.54) is 28.2 Å². The summed E-state index contributed by atoms with van der Waals surface area (Å²) in [7, 11) is 0. The minimum atomic E-state index is -0.311. The predicted octanol–water partition coefficient (Wildman–Crippen LogP) is 1.68. The first-order valence-corrected chi connectivity index (χ1v) is 8.06. The Balaban J connectivity index is 1.54. The number of aryl methyl sites for hydroxylation is 1. The second-order valence-corrected chi connectivity index (χ2v) is 6.21. The summed E-state index contributed by atoms with van der Waals surface area (Å²) in [5.74, 6) is -0.312. The number of halogens is 1. The van der Waals surface area contributed by atoms with Gasteiger partial charge in [-0.1, -0.05) is 29.8 Å². The highest BCUT2D eigenvalue weighted by molar-refractivity contribution is 5.94. The van der Waals surface area contributed by atoms with Crippen molar-refractivity contribution in [3.05, 3.63) is 71.0 Å². The maximum Gasteiger partial charge on any atom is 0.254 e. The molecule has 0 unspecified atom stereocenters. The second-order valence-electron chi connectivity index (χ2n) is 6.21. The van der Waals surface area contributed by atoms with Gasteiger partial charge in [0.25, 0.3) is 5.91 Å². The molecule has 3 nitrogen and oxygen atoms in total. The van der Waals surface area contributed by atoms with E-state index < -0.39 is 0 Å². The molecule has 1 amide bonds. The lowest BCUT2D eigenvalue weighted by Gasteiger charge is -2.32. The fourth-order valence-electron chi connectivity index (χ4n) is 2.97. The van der Waals surface area contributed by atoms with Gasteiger partial charge in [-0.2, -0.15) is 0 Å². The Bertz CT molecular complexity index is 659.